The number of amides is 2. The number of imide groups is 1. The topological polar surface area (TPSA) is 129 Å². The van der Waals surface area contributed by atoms with E-state index in [1.54, 1.807) is 0 Å². The van der Waals surface area contributed by atoms with Crippen LogP contribution in [0.25, 0.3) is 11.0 Å². The van der Waals surface area contributed by atoms with E-state index in [-0.39, 0.29) is 34.6 Å². The van der Waals surface area contributed by atoms with Gasteiger partial charge in [0.2, 0.25) is 6.79 Å². The van der Waals surface area contributed by atoms with Crippen molar-refractivity contribution in [2.75, 3.05) is 6.79 Å². The molecule has 1 aromatic carbocycles. The average Bonchev–Trinajstić information content (AvgIpc) is 2.93. The molecule has 0 spiro atoms. The van der Waals surface area contributed by atoms with E-state index in [4.69, 9.17) is 9.15 Å². The first kappa shape index (κ1) is 19.0. The third kappa shape index (κ3) is 3.82. The lowest BCUT2D eigenvalue weighted by Gasteiger charge is -2.12. The number of ether oxygens (including phenoxy) is 2. The minimum absolute atomic E-state index is 0.0166. The van der Waals surface area contributed by atoms with Crippen LogP contribution >= 0.6 is 0 Å². The van der Waals surface area contributed by atoms with Gasteiger partial charge in [0.1, 0.15) is 11.1 Å². The van der Waals surface area contributed by atoms with Gasteiger partial charge in [0.25, 0.3) is 11.8 Å². The van der Waals surface area contributed by atoms with Crippen molar-refractivity contribution in [1.82, 2.24) is 5.06 Å². The van der Waals surface area contributed by atoms with Gasteiger partial charge in [0.15, 0.2) is 11.6 Å². The number of fused-ring (bicyclic) bond motifs is 1. The molecule has 0 radical (unpaired) electrons. The minimum atomic E-state index is -1.30. The zero-order chi connectivity index (χ0) is 20.4. The summed E-state index contributed by atoms with van der Waals surface area (Å²) in [5.74, 6) is -4.59. The largest absolute Gasteiger partial charge is 0.454 e. The Morgan fingerprint density at radius 2 is 1.82 bits per heavy atom. The fourth-order valence-electron chi connectivity index (χ4n) is 2.34. The molecule has 2 amide bonds. The first-order valence-electron chi connectivity index (χ1n) is 7.88. The molecule has 0 unspecified atom stereocenters. The fourth-order valence-corrected chi connectivity index (χ4v) is 2.34. The number of nitrogens with zero attached hydrogens (tertiary/aromatic N) is 1. The molecule has 28 heavy (non-hydrogen) atoms. The smallest absolute Gasteiger partial charge is 0.371 e. The van der Waals surface area contributed by atoms with Crippen molar-refractivity contribution < 1.29 is 42.3 Å². The predicted molar refractivity (Wildman–Crippen MR) is 86.2 cm³/mol. The maximum absolute atomic E-state index is 14.1. The molecule has 1 aliphatic rings. The van der Waals surface area contributed by atoms with Crippen LogP contribution < -0.4 is 10.4 Å². The number of carbonyl (C=O) groups excluding carboxylic acids is 4. The van der Waals surface area contributed by atoms with E-state index in [2.05, 4.69) is 9.57 Å². The first-order valence-corrected chi connectivity index (χ1v) is 7.88. The van der Waals surface area contributed by atoms with Crippen molar-refractivity contribution in [1.29, 1.82) is 0 Å². The van der Waals surface area contributed by atoms with E-state index in [1.807, 2.05) is 0 Å². The number of esters is 1. The molecule has 2 heterocycles. The van der Waals surface area contributed by atoms with Crippen LogP contribution in [0.3, 0.4) is 0 Å². The van der Waals surface area contributed by atoms with E-state index in [1.165, 1.54) is 0 Å². The van der Waals surface area contributed by atoms with Crippen LogP contribution in [0.4, 0.5) is 4.39 Å². The Labute approximate surface area is 155 Å². The molecule has 0 bridgehead atoms. The quantitative estimate of drug-likeness (QED) is 0.317. The molecular formula is C17H12FNO9. The van der Waals surface area contributed by atoms with Gasteiger partial charge in [0.05, 0.1) is 0 Å². The van der Waals surface area contributed by atoms with Gasteiger partial charge in [0, 0.05) is 31.2 Å². The average molecular weight is 393 g/mol. The molecule has 0 aliphatic carbocycles. The van der Waals surface area contributed by atoms with E-state index < -0.39 is 47.6 Å². The number of halogens is 1. The second-order valence-electron chi connectivity index (χ2n) is 5.63. The molecule has 11 heteroatoms. The summed E-state index contributed by atoms with van der Waals surface area (Å²) in [6.07, 6.45) is -0.223. The van der Waals surface area contributed by atoms with Gasteiger partial charge in [-0.1, -0.05) is 0 Å². The van der Waals surface area contributed by atoms with Gasteiger partial charge in [-0.05, 0) is 12.1 Å². The Hall–Kier alpha value is -3.76. The molecule has 1 saturated heterocycles. The zero-order valence-corrected chi connectivity index (χ0v) is 14.4. The molecule has 10 nitrogen and oxygen atoms in total. The Morgan fingerprint density at radius 1 is 1.14 bits per heavy atom. The van der Waals surface area contributed by atoms with Gasteiger partial charge in [-0.2, -0.15) is 0 Å². The van der Waals surface area contributed by atoms with Crippen LogP contribution in [0, 0.1) is 5.82 Å². The van der Waals surface area contributed by atoms with E-state index in [0.717, 1.165) is 25.1 Å². The van der Waals surface area contributed by atoms with E-state index in [0.29, 0.717) is 0 Å². The number of hydrogen-bond donors (Lipinski definition) is 0. The molecule has 146 valence electrons. The van der Waals surface area contributed by atoms with Crippen LogP contribution in [0.5, 0.6) is 5.75 Å². The van der Waals surface area contributed by atoms with Crippen LogP contribution in [0.2, 0.25) is 0 Å². The summed E-state index contributed by atoms with van der Waals surface area (Å²) in [4.78, 5) is 62.5. The summed E-state index contributed by atoms with van der Waals surface area (Å²) < 4.78 is 28.5. The summed E-state index contributed by atoms with van der Waals surface area (Å²) >= 11 is 0. The molecule has 1 aromatic heterocycles. The molecule has 0 atom stereocenters. The van der Waals surface area contributed by atoms with Gasteiger partial charge in [-0.25, -0.2) is 14.0 Å². The number of carbonyl (C=O) groups is 4. The molecule has 2 aromatic rings. The highest BCUT2D eigenvalue weighted by Gasteiger charge is 2.34. The second-order valence-corrected chi connectivity index (χ2v) is 5.63. The highest BCUT2D eigenvalue weighted by molar-refractivity contribution is 6.03. The van der Waals surface area contributed by atoms with Crippen LogP contribution in [0.15, 0.2) is 27.4 Å². The first-order chi connectivity index (χ1) is 13.3. The van der Waals surface area contributed by atoms with Crippen molar-refractivity contribution in [3.63, 3.8) is 0 Å². The Bertz CT molecular complexity index is 1040. The standard InChI is InChI=1S/C17H12FNO9/c1-8(20)25-7-26-13-6-12-9(5-11(13)18)4-10(16(23)27-12)17(24)28-19-14(21)2-3-15(19)22/h4-6H,2-3,7H2,1H3. The third-order valence-corrected chi connectivity index (χ3v) is 3.66. The SMILES string of the molecule is CC(=O)OCOc1cc2oc(=O)c(C(=O)ON3C(=O)CCC3=O)cc2cc1F. The maximum atomic E-state index is 14.1. The van der Waals surface area contributed by atoms with E-state index in [9.17, 15) is 28.4 Å². The van der Waals surface area contributed by atoms with Crippen molar-refractivity contribution in [3.05, 3.63) is 40.0 Å². The molecule has 3 rings (SSSR count). The monoisotopic (exact) mass is 393 g/mol. The molecule has 1 aliphatic heterocycles. The normalized spacial score (nSPS) is 13.7. The lowest BCUT2D eigenvalue weighted by Crippen LogP contribution is -2.33. The van der Waals surface area contributed by atoms with Crippen LogP contribution in [-0.4, -0.2) is 35.6 Å². The molecule has 0 saturated carbocycles. The highest BCUT2D eigenvalue weighted by atomic mass is 19.1. The van der Waals surface area contributed by atoms with Crippen molar-refractivity contribution in [3.8, 4) is 5.75 Å². The number of rotatable bonds is 5. The second kappa shape index (κ2) is 7.47. The summed E-state index contributed by atoms with van der Waals surface area (Å²) in [7, 11) is 0. The minimum Gasteiger partial charge on any atom is -0.454 e. The highest BCUT2D eigenvalue weighted by Crippen LogP contribution is 2.25. The molecule has 1 fully saturated rings. The zero-order valence-electron chi connectivity index (χ0n) is 14.4. The van der Waals surface area contributed by atoms with Crippen molar-refractivity contribution in [2.24, 2.45) is 0 Å². The molecule has 0 N–H and O–H groups in total. The lowest BCUT2D eigenvalue weighted by atomic mass is 10.1. The summed E-state index contributed by atoms with van der Waals surface area (Å²) in [5.41, 5.74) is -1.88. The van der Waals surface area contributed by atoms with Crippen molar-refractivity contribution >= 4 is 34.7 Å². The van der Waals surface area contributed by atoms with Gasteiger partial charge in [-0.3, -0.25) is 14.4 Å². The maximum Gasteiger partial charge on any atom is 0.371 e. The third-order valence-electron chi connectivity index (χ3n) is 3.66. The fraction of sp³-hybridized carbons (Fsp3) is 0.235. The van der Waals surface area contributed by atoms with Crippen LogP contribution in [0.1, 0.15) is 30.1 Å². The molecular weight excluding hydrogens is 381 g/mol. The van der Waals surface area contributed by atoms with Crippen molar-refractivity contribution in [2.45, 2.75) is 19.8 Å². The summed E-state index contributed by atoms with van der Waals surface area (Å²) in [6, 6.07) is 2.95. The number of hydrogen-bond acceptors (Lipinski definition) is 9. The van der Waals surface area contributed by atoms with Gasteiger partial charge >= 0.3 is 17.6 Å². The lowest BCUT2D eigenvalue weighted by molar-refractivity contribution is -0.172. The van der Waals surface area contributed by atoms with Gasteiger partial charge in [-0.15, -0.1) is 5.06 Å². The Balaban J connectivity index is 1.87. The number of hydroxylamine groups is 2. The van der Waals surface area contributed by atoms with Crippen LogP contribution in [-0.2, 0) is 24.0 Å². The predicted octanol–water partition coefficient (Wildman–Crippen LogP) is 1.05. The van der Waals surface area contributed by atoms with E-state index >= 15 is 0 Å². The summed E-state index contributed by atoms with van der Waals surface area (Å²) in [5, 5.41) is 0.293. The Kier molecular flexibility index (Phi) is 5.07. The van der Waals surface area contributed by atoms with Gasteiger partial charge < -0.3 is 18.7 Å². The number of benzene rings is 1. The Morgan fingerprint density at radius 3 is 2.46 bits per heavy atom. The summed E-state index contributed by atoms with van der Waals surface area (Å²) in [6.45, 7) is 0.591.